The third-order valence-electron chi connectivity index (χ3n) is 7.02. The highest BCUT2D eigenvalue weighted by Gasteiger charge is 2.31. The van der Waals surface area contributed by atoms with E-state index < -0.39 is 29.3 Å². The predicted molar refractivity (Wildman–Crippen MR) is 155 cm³/mol. The lowest BCUT2D eigenvalue weighted by Gasteiger charge is -2.32. The molecule has 1 aliphatic rings. The van der Waals surface area contributed by atoms with E-state index in [1.807, 2.05) is 0 Å². The van der Waals surface area contributed by atoms with Gasteiger partial charge in [-0.15, -0.1) is 0 Å². The highest BCUT2D eigenvalue weighted by atomic mass is 19.4. The van der Waals surface area contributed by atoms with Gasteiger partial charge in [-0.05, 0) is 79.4 Å². The Morgan fingerprint density at radius 1 is 0.976 bits per heavy atom. The van der Waals surface area contributed by atoms with Gasteiger partial charge in [-0.3, -0.25) is 9.59 Å². The number of amides is 2. The average molecular weight is 583 g/mol. The highest BCUT2D eigenvalue weighted by Crippen LogP contribution is 2.30. The first-order valence-corrected chi connectivity index (χ1v) is 13.5. The summed E-state index contributed by atoms with van der Waals surface area (Å²) in [4.78, 5) is 25.6. The first-order valence-electron chi connectivity index (χ1n) is 13.5. The molecule has 1 atom stereocenters. The minimum absolute atomic E-state index is 0.215. The number of alkyl halides is 3. The maximum Gasteiger partial charge on any atom is 0.416 e. The van der Waals surface area contributed by atoms with Crippen molar-refractivity contribution in [2.24, 2.45) is 0 Å². The summed E-state index contributed by atoms with van der Waals surface area (Å²) in [6.07, 6.45) is -0.136. The molecule has 2 amide bonds. The second kappa shape index (κ2) is 13.6. The molecular formula is C31H33F3N4O4. The molecule has 0 spiro atoms. The fourth-order valence-corrected chi connectivity index (χ4v) is 4.53. The van der Waals surface area contributed by atoms with Crippen LogP contribution in [0.4, 0.5) is 30.2 Å². The van der Waals surface area contributed by atoms with Crippen molar-refractivity contribution in [3.05, 3.63) is 95.6 Å². The summed E-state index contributed by atoms with van der Waals surface area (Å²) >= 11 is 0. The standard InChI is InChI=1S/C31H33F3N4O4/c32-31(33,34)23-10-12-24(13-11-23)37-29(40)28(36-18-15-30(41)16-19-42-20-17-30)22-8-5-21(6-9-22)7-14-27(39)38-26-4-2-1-3-25(26)35/h1-14,28,36,41H,15-20,35H2,(H,37,40)(H,38,39)/b14-7+. The highest BCUT2D eigenvalue weighted by molar-refractivity contribution is 6.03. The normalized spacial score (nSPS) is 15.7. The zero-order valence-electron chi connectivity index (χ0n) is 22.8. The summed E-state index contributed by atoms with van der Waals surface area (Å²) in [5.41, 5.74) is 6.60. The Morgan fingerprint density at radius 2 is 1.64 bits per heavy atom. The molecule has 0 bridgehead atoms. The number of hydrogen-bond acceptors (Lipinski definition) is 6. The van der Waals surface area contributed by atoms with Gasteiger partial charge >= 0.3 is 6.18 Å². The third-order valence-corrected chi connectivity index (χ3v) is 7.02. The van der Waals surface area contributed by atoms with Gasteiger partial charge < -0.3 is 31.5 Å². The van der Waals surface area contributed by atoms with Crippen molar-refractivity contribution >= 4 is 35.0 Å². The van der Waals surface area contributed by atoms with E-state index in [0.29, 0.717) is 61.5 Å². The molecule has 3 aromatic carbocycles. The van der Waals surface area contributed by atoms with Crippen LogP contribution in [0, 0.1) is 0 Å². The molecule has 11 heteroatoms. The zero-order chi connectivity index (χ0) is 30.2. The smallest absolute Gasteiger partial charge is 0.397 e. The Hall–Kier alpha value is -4.19. The topological polar surface area (TPSA) is 126 Å². The monoisotopic (exact) mass is 582 g/mol. The van der Waals surface area contributed by atoms with Gasteiger partial charge in [-0.2, -0.15) is 13.2 Å². The molecule has 0 radical (unpaired) electrons. The lowest BCUT2D eigenvalue weighted by Crippen LogP contribution is -2.41. The average Bonchev–Trinajstić information content (AvgIpc) is 2.96. The summed E-state index contributed by atoms with van der Waals surface area (Å²) < 4.78 is 44.2. The lowest BCUT2D eigenvalue weighted by atomic mass is 9.90. The molecule has 1 heterocycles. The van der Waals surface area contributed by atoms with Crippen LogP contribution in [0.5, 0.6) is 0 Å². The van der Waals surface area contributed by atoms with E-state index in [4.69, 9.17) is 10.5 Å². The molecule has 1 saturated heterocycles. The summed E-state index contributed by atoms with van der Waals surface area (Å²) in [6.45, 7) is 1.23. The number of nitrogen functional groups attached to an aromatic ring is 1. The van der Waals surface area contributed by atoms with Crippen LogP contribution in [0.15, 0.2) is 78.9 Å². The summed E-state index contributed by atoms with van der Waals surface area (Å²) in [5.74, 6) is -0.838. The van der Waals surface area contributed by atoms with Crippen molar-refractivity contribution < 1.29 is 32.6 Å². The summed E-state index contributed by atoms with van der Waals surface area (Å²) in [5, 5.41) is 19.4. The van der Waals surface area contributed by atoms with Crippen molar-refractivity contribution in [2.75, 3.05) is 36.1 Å². The molecule has 8 nitrogen and oxygen atoms in total. The molecule has 0 aromatic heterocycles. The summed E-state index contributed by atoms with van der Waals surface area (Å²) in [6, 6.07) is 17.2. The van der Waals surface area contributed by atoms with Crippen LogP contribution in [-0.4, -0.2) is 42.3 Å². The van der Waals surface area contributed by atoms with Gasteiger partial charge in [-0.1, -0.05) is 36.4 Å². The maximum atomic E-state index is 13.3. The quantitative estimate of drug-likeness (QED) is 0.167. The van der Waals surface area contributed by atoms with Crippen LogP contribution in [0.2, 0.25) is 0 Å². The van der Waals surface area contributed by atoms with Crippen molar-refractivity contribution in [1.29, 1.82) is 0 Å². The number of aliphatic hydroxyl groups is 1. The third kappa shape index (κ3) is 8.65. The van der Waals surface area contributed by atoms with Gasteiger partial charge in [0.1, 0.15) is 6.04 Å². The molecule has 1 fully saturated rings. The number of carbonyl (C=O) groups excluding carboxylic acids is 2. The number of anilines is 3. The van der Waals surface area contributed by atoms with Crippen LogP contribution in [0.1, 0.15) is 42.0 Å². The van der Waals surface area contributed by atoms with Crippen LogP contribution in [0.25, 0.3) is 6.08 Å². The number of para-hydroxylation sites is 2. The lowest BCUT2D eigenvalue weighted by molar-refractivity contribution is -0.137. The van der Waals surface area contributed by atoms with Gasteiger partial charge in [0.25, 0.3) is 0 Å². The number of nitrogens with one attached hydrogen (secondary N) is 3. The van der Waals surface area contributed by atoms with E-state index in [1.165, 1.54) is 18.2 Å². The van der Waals surface area contributed by atoms with Gasteiger partial charge in [0.2, 0.25) is 11.8 Å². The molecule has 1 unspecified atom stereocenters. The van der Waals surface area contributed by atoms with Crippen LogP contribution >= 0.6 is 0 Å². The molecule has 0 saturated carbocycles. The number of hydrogen-bond donors (Lipinski definition) is 5. The minimum Gasteiger partial charge on any atom is -0.397 e. The van der Waals surface area contributed by atoms with Crippen LogP contribution in [-0.2, 0) is 20.5 Å². The molecule has 1 aliphatic heterocycles. The van der Waals surface area contributed by atoms with Gasteiger partial charge in [0.15, 0.2) is 0 Å². The van der Waals surface area contributed by atoms with Gasteiger partial charge in [-0.25, -0.2) is 0 Å². The van der Waals surface area contributed by atoms with Crippen LogP contribution < -0.4 is 21.7 Å². The molecule has 3 aromatic rings. The first-order chi connectivity index (χ1) is 20.0. The maximum absolute atomic E-state index is 13.3. The second-order valence-corrected chi connectivity index (χ2v) is 10.1. The number of nitrogens with two attached hydrogens (primary N) is 1. The summed E-state index contributed by atoms with van der Waals surface area (Å²) in [7, 11) is 0. The fourth-order valence-electron chi connectivity index (χ4n) is 4.53. The van der Waals surface area contributed by atoms with Crippen molar-refractivity contribution in [3.63, 3.8) is 0 Å². The second-order valence-electron chi connectivity index (χ2n) is 10.1. The van der Waals surface area contributed by atoms with E-state index in [-0.39, 0.29) is 11.6 Å². The minimum atomic E-state index is -4.48. The molecule has 6 N–H and O–H groups in total. The number of halogens is 3. The Morgan fingerprint density at radius 3 is 2.29 bits per heavy atom. The van der Waals surface area contributed by atoms with E-state index in [1.54, 1.807) is 54.6 Å². The van der Waals surface area contributed by atoms with Crippen molar-refractivity contribution in [1.82, 2.24) is 5.32 Å². The van der Waals surface area contributed by atoms with Crippen molar-refractivity contribution in [2.45, 2.75) is 37.1 Å². The Balaban J connectivity index is 1.45. The SMILES string of the molecule is Nc1ccccc1NC(=O)/C=C/c1ccc(C(NCCC2(O)CCOCC2)C(=O)Nc2ccc(C(F)(F)F)cc2)cc1. The van der Waals surface area contributed by atoms with E-state index >= 15 is 0 Å². The number of benzene rings is 3. The van der Waals surface area contributed by atoms with Crippen LogP contribution in [0.3, 0.4) is 0 Å². The molecule has 42 heavy (non-hydrogen) atoms. The first kappa shape index (κ1) is 30.8. The largest absolute Gasteiger partial charge is 0.416 e. The van der Waals surface area contributed by atoms with Gasteiger partial charge in [0.05, 0.1) is 22.5 Å². The molecular weight excluding hydrogens is 549 g/mol. The predicted octanol–water partition coefficient (Wildman–Crippen LogP) is 5.14. The number of carbonyl (C=O) groups is 2. The Bertz CT molecular complexity index is 1390. The van der Waals surface area contributed by atoms with E-state index in [2.05, 4.69) is 16.0 Å². The molecule has 222 valence electrons. The molecule has 0 aliphatic carbocycles. The van der Waals surface area contributed by atoms with E-state index in [0.717, 1.165) is 12.1 Å². The van der Waals surface area contributed by atoms with Gasteiger partial charge in [0, 0.05) is 25.0 Å². The molecule has 4 rings (SSSR count). The number of rotatable bonds is 10. The Labute approximate surface area is 241 Å². The fraction of sp³-hybridized carbons (Fsp3) is 0.290. The zero-order valence-corrected chi connectivity index (χ0v) is 22.8. The Kier molecular flexibility index (Phi) is 10.00. The number of ether oxygens (including phenoxy) is 1. The van der Waals surface area contributed by atoms with Crippen molar-refractivity contribution in [3.8, 4) is 0 Å². The van der Waals surface area contributed by atoms with E-state index in [9.17, 15) is 27.9 Å².